The molecule has 7 aromatic rings. The van der Waals surface area contributed by atoms with Gasteiger partial charge >= 0.3 is 0 Å². The lowest BCUT2D eigenvalue weighted by Gasteiger charge is -2.38. The van der Waals surface area contributed by atoms with Gasteiger partial charge < -0.3 is 23.7 Å². The summed E-state index contributed by atoms with van der Waals surface area (Å²) in [4.78, 5) is 24.1. The van der Waals surface area contributed by atoms with Gasteiger partial charge in [-0.1, -0.05) is 0 Å². The highest BCUT2D eigenvalue weighted by Crippen LogP contribution is 2.41. The summed E-state index contributed by atoms with van der Waals surface area (Å²) in [5, 5.41) is 6.06. The van der Waals surface area contributed by atoms with Crippen LogP contribution in [0, 0.1) is 3.57 Å². The Kier molecular flexibility index (Phi) is 9.00. The number of morpholine rings is 2. The van der Waals surface area contributed by atoms with Crippen molar-refractivity contribution >= 4 is 78.8 Å². The number of rotatable bonds is 8. The van der Waals surface area contributed by atoms with Crippen LogP contribution in [-0.4, -0.2) is 72.5 Å². The molecule has 3 aromatic heterocycles. The molecule has 0 unspecified atom stereocenters. The van der Waals surface area contributed by atoms with E-state index in [9.17, 15) is 0 Å². The molecular weight excluding hydrogens is 767 g/mol. The first-order chi connectivity index (χ1) is 25.7. The first-order valence-corrected chi connectivity index (χ1v) is 18.4. The molecule has 0 radical (unpaired) electrons. The lowest BCUT2D eigenvalue weighted by molar-refractivity contribution is 0.122. The molecule has 4 aromatic carbocycles. The van der Waals surface area contributed by atoms with E-state index in [2.05, 4.69) is 114 Å². The smallest absolute Gasteiger partial charge is 0.163 e. The molecule has 2 aliphatic heterocycles. The van der Waals surface area contributed by atoms with Crippen LogP contribution in [0.3, 0.4) is 0 Å². The Morgan fingerprint density at radius 3 is 1.60 bits per heavy atom. The summed E-state index contributed by atoms with van der Waals surface area (Å²) in [5.74, 6) is 2.17. The molecule has 0 aliphatic carbocycles. The average molecular weight is 803 g/mol. The van der Waals surface area contributed by atoms with Gasteiger partial charge in [-0.3, -0.25) is 0 Å². The van der Waals surface area contributed by atoms with Gasteiger partial charge in [-0.15, -0.1) is 0 Å². The fraction of sp³-hybridized carbons (Fsp3) is 0.200. The van der Waals surface area contributed by atoms with E-state index in [4.69, 9.17) is 28.8 Å². The lowest BCUT2D eigenvalue weighted by Crippen LogP contribution is -2.38. The quantitative estimate of drug-likeness (QED) is 0.111. The maximum Gasteiger partial charge on any atom is 0.163 e. The van der Waals surface area contributed by atoms with Crippen LogP contribution < -0.4 is 19.8 Å². The van der Waals surface area contributed by atoms with Crippen molar-refractivity contribution in [3.05, 3.63) is 120 Å². The van der Waals surface area contributed by atoms with Crippen molar-refractivity contribution in [2.45, 2.75) is 0 Å². The van der Waals surface area contributed by atoms with Gasteiger partial charge in [0.1, 0.15) is 18.4 Å². The molecule has 2 fully saturated rings. The second-order valence-electron chi connectivity index (χ2n) is 12.6. The van der Waals surface area contributed by atoms with Crippen LogP contribution in [0.15, 0.2) is 120 Å². The number of halogens is 1. The molecule has 0 N–H and O–H groups in total. The maximum atomic E-state index is 5.82. The Morgan fingerprint density at radius 1 is 0.558 bits per heavy atom. The van der Waals surface area contributed by atoms with Crippen molar-refractivity contribution in [1.29, 1.82) is 0 Å². The van der Waals surface area contributed by atoms with E-state index >= 15 is 0 Å². The van der Waals surface area contributed by atoms with E-state index in [0.29, 0.717) is 38.1 Å². The molecule has 12 heteroatoms. The number of ether oxygens (including phenoxy) is 2. The van der Waals surface area contributed by atoms with Crippen LogP contribution in [0.1, 0.15) is 0 Å². The normalized spacial score (nSPS) is 14.9. The van der Waals surface area contributed by atoms with Crippen molar-refractivity contribution in [3.63, 3.8) is 0 Å². The zero-order chi connectivity index (χ0) is 34.9. The van der Waals surface area contributed by atoms with Gasteiger partial charge in [-0.05, 0) is 120 Å². The van der Waals surface area contributed by atoms with E-state index in [0.717, 1.165) is 85.6 Å². The number of hydrazine groups is 1. The van der Waals surface area contributed by atoms with Crippen LogP contribution >= 0.6 is 22.6 Å². The topological polar surface area (TPSA) is 96.1 Å². The molecule has 0 atom stereocenters. The van der Waals surface area contributed by atoms with Crippen LogP contribution in [0.4, 0.5) is 34.4 Å². The maximum absolute atomic E-state index is 5.82. The largest absolute Gasteiger partial charge is 0.464 e. The fourth-order valence-corrected chi connectivity index (χ4v) is 7.40. The number of hydrogen-bond donors (Lipinski definition) is 0. The zero-order valence-corrected chi connectivity index (χ0v) is 30.5. The minimum Gasteiger partial charge on any atom is -0.464 e. The number of aromatic nitrogens is 4. The Morgan fingerprint density at radius 2 is 1.08 bits per heavy atom. The zero-order valence-electron chi connectivity index (χ0n) is 28.3. The van der Waals surface area contributed by atoms with E-state index in [1.54, 1.807) is 18.9 Å². The Balaban J connectivity index is 1.27. The minimum atomic E-state index is 0.687. The summed E-state index contributed by atoms with van der Waals surface area (Å²) in [6, 6.07) is 33.5. The molecule has 0 bridgehead atoms. The van der Waals surface area contributed by atoms with Gasteiger partial charge in [-0.25, -0.2) is 30.0 Å². The Labute approximate surface area is 314 Å². The van der Waals surface area contributed by atoms with E-state index in [-0.39, 0.29) is 0 Å². The van der Waals surface area contributed by atoms with Crippen molar-refractivity contribution < 1.29 is 13.9 Å². The number of nitrogens with zero attached hydrogens (tertiary/aromatic N) is 8. The predicted octanol–water partition coefficient (Wildman–Crippen LogP) is 8.00. The van der Waals surface area contributed by atoms with Gasteiger partial charge in [0.2, 0.25) is 0 Å². The summed E-state index contributed by atoms with van der Waals surface area (Å²) < 4.78 is 18.2. The number of hydrogen-bond acceptors (Lipinski definition) is 11. The van der Waals surface area contributed by atoms with Crippen molar-refractivity contribution in [2.75, 3.05) is 72.4 Å². The standard InChI is InChI=1S/C40H35IN8O3/c41-29-4-14-37-35(25-29)40(45-27-43-37)49(33-11-7-31(8-12-33)47-17-22-51-23-18-47)48(32-9-5-30(6-10-32)46-15-20-50-21-16-46)39-34-24-28(38-2-1-19-52-38)3-13-36(34)42-26-44-39/h1-14,19,24-27H,15-18,20-23H2. The second-order valence-corrected chi connectivity index (χ2v) is 13.9. The molecular formula is C40H35IN8O3. The highest BCUT2D eigenvalue weighted by Gasteiger charge is 2.28. The molecule has 260 valence electrons. The van der Waals surface area contributed by atoms with Crippen LogP contribution in [-0.2, 0) is 9.47 Å². The second kappa shape index (κ2) is 14.4. The summed E-state index contributed by atoms with van der Waals surface area (Å²) in [5.41, 5.74) is 6.67. The Hall–Kier alpha value is -5.31. The summed E-state index contributed by atoms with van der Waals surface area (Å²) in [6.07, 6.45) is 4.95. The molecule has 5 heterocycles. The van der Waals surface area contributed by atoms with E-state index in [1.165, 1.54) is 0 Å². The monoisotopic (exact) mass is 802 g/mol. The van der Waals surface area contributed by atoms with Crippen molar-refractivity contribution in [3.8, 4) is 11.3 Å². The lowest BCUT2D eigenvalue weighted by atomic mass is 10.1. The van der Waals surface area contributed by atoms with E-state index < -0.39 is 0 Å². The first kappa shape index (κ1) is 32.6. The van der Waals surface area contributed by atoms with Gasteiger partial charge in [0.15, 0.2) is 11.6 Å². The molecule has 9 rings (SSSR count). The van der Waals surface area contributed by atoms with Gasteiger partial charge in [-0.2, -0.15) is 0 Å². The number of benzene rings is 4. The molecule has 0 spiro atoms. The highest BCUT2D eigenvalue weighted by atomic mass is 127. The van der Waals surface area contributed by atoms with E-state index in [1.807, 2.05) is 30.3 Å². The third-order valence-corrected chi connectivity index (χ3v) is 10.2. The van der Waals surface area contributed by atoms with Crippen LogP contribution in [0.5, 0.6) is 0 Å². The molecule has 2 aliphatic rings. The molecule has 52 heavy (non-hydrogen) atoms. The van der Waals surface area contributed by atoms with Crippen molar-refractivity contribution in [1.82, 2.24) is 19.9 Å². The fourth-order valence-electron chi connectivity index (χ4n) is 6.91. The van der Waals surface area contributed by atoms with Crippen LogP contribution in [0.25, 0.3) is 33.1 Å². The SMILES string of the molecule is Ic1ccc2ncnc(N(c3ccc(N4CCOCC4)cc3)N(c3ccc(N4CCOCC4)cc3)c3ncnc4ccc(-c5ccco5)cc34)c2c1. The first-order valence-electron chi connectivity index (χ1n) is 17.3. The van der Waals surface area contributed by atoms with Gasteiger partial charge in [0.05, 0.1) is 55.1 Å². The van der Waals surface area contributed by atoms with Gasteiger partial charge in [0, 0.05) is 57.5 Å². The number of furan rings is 1. The summed E-state index contributed by atoms with van der Waals surface area (Å²) in [6.45, 7) is 6.27. The molecule has 2 saturated heterocycles. The third kappa shape index (κ3) is 6.37. The van der Waals surface area contributed by atoms with Gasteiger partial charge in [0.25, 0.3) is 0 Å². The number of fused-ring (bicyclic) bond motifs is 2. The minimum absolute atomic E-state index is 0.687. The highest BCUT2D eigenvalue weighted by molar-refractivity contribution is 14.1. The molecule has 0 saturated carbocycles. The summed E-state index contributed by atoms with van der Waals surface area (Å²) in [7, 11) is 0. The van der Waals surface area contributed by atoms with Crippen LogP contribution in [0.2, 0.25) is 0 Å². The van der Waals surface area contributed by atoms with Crippen molar-refractivity contribution in [2.24, 2.45) is 0 Å². The third-order valence-electron chi connectivity index (χ3n) is 9.54. The average Bonchev–Trinajstić information content (AvgIpc) is 3.76. The number of anilines is 6. The molecule has 0 amide bonds. The predicted molar refractivity (Wildman–Crippen MR) is 213 cm³/mol. The Bertz CT molecular complexity index is 2310. The summed E-state index contributed by atoms with van der Waals surface area (Å²) >= 11 is 2.35. The molecule has 11 nitrogen and oxygen atoms in total.